The molecular formula is C13H21NO3. The second-order valence-electron chi connectivity index (χ2n) is 5.57. The summed E-state index contributed by atoms with van der Waals surface area (Å²) < 4.78 is 0. The molecule has 0 heterocycles. The molecule has 2 fully saturated rings. The minimum absolute atomic E-state index is 0.0843. The lowest BCUT2D eigenvalue weighted by molar-refractivity contribution is -0.157. The molecule has 2 saturated carbocycles. The van der Waals surface area contributed by atoms with Crippen molar-refractivity contribution in [3.8, 4) is 0 Å². The summed E-state index contributed by atoms with van der Waals surface area (Å²) in [7, 11) is 0. The van der Waals surface area contributed by atoms with E-state index in [4.69, 9.17) is 5.11 Å². The fraction of sp³-hybridized carbons (Fsp3) is 0.846. The van der Waals surface area contributed by atoms with Crippen LogP contribution in [0.2, 0.25) is 0 Å². The molecule has 2 aliphatic rings. The van der Waals surface area contributed by atoms with Crippen molar-refractivity contribution < 1.29 is 14.7 Å². The van der Waals surface area contributed by atoms with Gasteiger partial charge in [-0.3, -0.25) is 9.59 Å². The first-order valence-electron chi connectivity index (χ1n) is 6.62. The first kappa shape index (κ1) is 12.4. The van der Waals surface area contributed by atoms with E-state index in [-0.39, 0.29) is 12.3 Å². The number of hydrogen-bond acceptors (Lipinski definition) is 2. The predicted molar refractivity (Wildman–Crippen MR) is 63.5 cm³/mol. The first-order valence-corrected chi connectivity index (χ1v) is 6.62. The molecule has 0 bridgehead atoms. The predicted octanol–water partition coefficient (Wildman–Crippen LogP) is 1.94. The van der Waals surface area contributed by atoms with Crippen molar-refractivity contribution in [1.82, 2.24) is 5.32 Å². The number of nitrogens with one attached hydrogen (secondary N) is 1. The van der Waals surface area contributed by atoms with Gasteiger partial charge in [-0.25, -0.2) is 0 Å². The maximum absolute atomic E-state index is 11.7. The van der Waals surface area contributed by atoms with Gasteiger partial charge in [0.15, 0.2) is 0 Å². The Bertz CT molecular complexity index is 304. The molecule has 1 amide bonds. The Labute approximate surface area is 102 Å². The van der Waals surface area contributed by atoms with Crippen molar-refractivity contribution in [3.05, 3.63) is 0 Å². The van der Waals surface area contributed by atoms with Gasteiger partial charge < -0.3 is 10.4 Å². The van der Waals surface area contributed by atoms with Gasteiger partial charge in [-0.15, -0.1) is 0 Å². The molecule has 0 aliphatic heterocycles. The average Bonchev–Trinajstić information content (AvgIpc) is 2.72. The molecule has 0 aromatic heterocycles. The summed E-state index contributed by atoms with van der Waals surface area (Å²) in [5.41, 5.74) is -0.750. The van der Waals surface area contributed by atoms with Gasteiger partial charge in [-0.2, -0.15) is 0 Å². The zero-order chi connectivity index (χ0) is 12.3. The highest BCUT2D eigenvalue weighted by Crippen LogP contribution is 2.44. The molecule has 2 rings (SSSR count). The van der Waals surface area contributed by atoms with Crippen LogP contribution in [0.15, 0.2) is 0 Å². The largest absolute Gasteiger partial charge is 0.481 e. The third kappa shape index (κ3) is 2.79. The summed E-state index contributed by atoms with van der Waals surface area (Å²) >= 11 is 0. The molecule has 0 spiro atoms. The number of carboxylic acid groups (broad SMARTS) is 1. The second kappa shape index (κ2) is 5.07. The molecule has 0 unspecified atom stereocenters. The van der Waals surface area contributed by atoms with E-state index in [9.17, 15) is 9.59 Å². The van der Waals surface area contributed by atoms with Crippen molar-refractivity contribution >= 4 is 11.9 Å². The standard InChI is InChI=1S/C13H21NO3/c15-11(14-9-10-4-1-2-5-10)8-13(12(16)17)6-3-7-13/h10H,1-9H2,(H,14,15)(H,16,17). The van der Waals surface area contributed by atoms with E-state index in [0.29, 0.717) is 18.8 Å². The molecule has 2 aliphatic carbocycles. The normalized spacial score (nSPS) is 23.1. The molecule has 0 atom stereocenters. The Hall–Kier alpha value is -1.06. The van der Waals surface area contributed by atoms with Crippen LogP contribution in [0.4, 0.5) is 0 Å². The van der Waals surface area contributed by atoms with Crippen LogP contribution in [0.5, 0.6) is 0 Å². The lowest BCUT2D eigenvalue weighted by Crippen LogP contribution is -2.43. The van der Waals surface area contributed by atoms with Gasteiger partial charge in [-0.05, 0) is 31.6 Å². The van der Waals surface area contributed by atoms with E-state index in [2.05, 4.69) is 5.32 Å². The minimum atomic E-state index is -0.806. The van der Waals surface area contributed by atoms with Crippen molar-refractivity contribution in [2.24, 2.45) is 11.3 Å². The van der Waals surface area contributed by atoms with E-state index in [0.717, 1.165) is 13.0 Å². The number of carboxylic acids is 1. The quantitative estimate of drug-likeness (QED) is 0.770. The molecule has 4 heteroatoms. The van der Waals surface area contributed by atoms with Crippen LogP contribution in [0.1, 0.15) is 51.4 Å². The highest BCUT2D eigenvalue weighted by Gasteiger charge is 2.45. The van der Waals surface area contributed by atoms with Crippen LogP contribution >= 0.6 is 0 Å². The molecular weight excluding hydrogens is 218 g/mol. The summed E-state index contributed by atoms with van der Waals surface area (Å²) in [4.78, 5) is 22.9. The molecule has 0 radical (unpaired) electrons. The summed E-state index contributed by atoms with van der Waals surface area (Å²) in [6, 6.07) is 0. The third-order valence-corrected chi connectivity index (χ3v) is 4.33. The fourth-order valence-corrected chi connectivity index (χ4v) is 2.91. The van der Waals surface area contributed by atoms with Crippen molar-refractivity contribution in [2.45, 2.75) is 51.4 Å². The van der Waals surface area contributed by atoms with Crippen molar-refractivity contribution in [2.75, 3.05) is 6.54 Å². The van der Waals surface area contributed by atoms with Crippen LogP contribution in [0, 0.1) is 11.3 Å². The van der Waals surface area contributed by atoms with E-state index in [1.807, 2.05) is 0 Å². The average molecular weight is 239 g/mol. The van der Waals surface area contributed by atoms with Crippen molar-refractivity contribution in [3.63, 3.8) is 0 Å². The van der Waals surface area contributed by atoms with Gasteiger partial charge in [0.2, 0.25) is 5.91 Å². The Morgan fingerprint density at radius 1 is 1.18 bits per heavy atom. The van der Waals surface area contributed by atoms with E-state index in [1.165, 1.54) is 25.7 Å². The SMILES string of the molecule is O=C(CC1(C(=O)O)CCC1)NCC1CCCC1. The number of hydrogen-bond donors (Lipinski definition) is 2. The molecule has 2 N–H and O–H groups in total. The van der Waals surface area contributed by atoms with Gasteiger partial charge in [-0.1, -0.05) is 19.3 Å². The van der Waals surface area contributed by atoms with Crippen LogP contribution in [0.25, 0.3) is 0 Å². The monoisotopic (exact) mass is 239 g/mol. The maximum Gasteiger partial charge on any atom is 0.310 e. The molecule has 17 heavy (non-hydrogen) atoms. The number of rotatable bonds is 5. The molecule has 0 saturated heterocycles. The number of carbonyl (C=O) groups excluding carboxylic acids is 1. The zero-order valence-corrected chi connectivity index (χ0v) is 10.2. The number of carbonyl (C=O) groups is 2. The first-order chi connectivity index (χ1) is 8.12. The summed E-state index contributed by atoms with van der Waals surface area (Å²) in [6.45, 7) is 0.731. The summed E-state index contributed by atoms with van der Waals surface area (Å²) in [5, 5.41) is 12.0. The van der Waals surface area contributed by atoms with Crippen LogP contribution in [-0.4, -0.2) is 23.5 Å². The fourth-order valence-electron chi connectivity index (χ4n) is 2.91. The van der Waals surface area contributed by atoms with Crippen LogP contribution < -0.4 is 5.32 Å². The Morgan fingerprint density at radius 2 is 1.82 bits per heavy atom. The lowest BCUT2D eigenvalue weighted by atomic mass is 9.66. The molecule has 4 nitrogen and oxygen atoms in total. The Morgan fingerprint density at radius 3 is 2.29 bits per heavy atom. The third-order valence-electron chi connectivity index (χ3n) is 4.33. The van der Waals surface area contributed by atoms with Gasteiger partial charge in [0.1, 0.15) is 0 Å². The Balaban J connectivity index is 1.74. The van der Waals surface area contributed by atoms with E-state index < -0.39 is 11.4 Å². The molecule has 0 aromatic carbocycles. The second-order valence-corrected chi connectivity index (χ2v) is 5.57. The van der Waals surface area contributed by atoms with Gasteiger partial charge in [0.25, 0.3) is 0 Å². The van der Waals surface area contributed by atoms with E-state index >= 15 is 0 Å². The van der Waals surface area contributed by atoms with Crippen molar-refractivity contribution in [1.29, 1.82) is 0 Å². The maximum atomic E-state index is 11.7. The Kier molecular flexibility index (Phi) is 3.69. The van der Waals surface area contributed by atoms with E-state index in [1.54, 1.807) is 0 Å². The minimum Gasteiger partial charge on any atom is -0.481 e. The highest BCUT2D eigenvalue weighted by atomic mass is 16.4. The van der Waals surface area contributed by atoms with Gasteiger partial charge >= 0.3 is 5.97 Å². The molecule has 0 aromatic rings. The topological polar surface area (TPSA) is 66.4 Å². The van der Waals surface area contributed by atoms with Gasteiger partial charge in [0.05, 0.1) is 5.41 Å². The molecule has 96 valence electrons. The lowest BCUT2D eigenvalue weighted by Gasteiger charge is -2.37. The smallest absolute Gasteiger partial charge is 0.310 e. The number of aliphatic carboxylic acids is 1. The highest BCUT2D eigenvalue weighted by molar-refractivity contribution is 5.85. The summed E-state index contributed by atoms with van der Waals surface area (Å²) in [5.74, 6) is -0.278. The number of amides is 1. The van der Waals surface area contributed by atoms with Crippen LogP contribution in [-0.2, 0) is 9.59 Å². The van der Waals surface area contributed by atoms with Crippen LogP contribution in [0.3, 0.4) is 0 Å². The summed E-state index contributed by atoms with van der Waals surface area (Å²) in [6.07, 6.45) is 7.32. The zero-order valence-electron chi connectivity index (χ0n) is 10.2. The van der Waals surface area contributed by atoms with Gasteiger partial charge in [0, 0.05) is 13.0 Å².